The first kappa shape index (κ1) is 22.8. The number of carbonyl (C=O) groups is 2. The van der Waals surface area contributed by atoms with Gasteiger partial charge in [0.1, 0.15) is 5.00 Å². The number of hydrogen-bond donors (Lipinski definition) is 2. The van der Waals surface area contributed by atoms with Crippen molar-refractivity contribution in [3.8, 4) is 5.00 Å². The van der Waals surface area contributed by atoms with Gasteiger partial charge in [0.05, 0.1) is 11.8 Å². The monoisotopic (exact) mass is 464 g/mol. The van der Waals surface area contributed by atoms with Crippen molar-refractivity contribution in [2.24, 2.45) is 5.10 Å². The van der Waals surface area contributed by atoms with Crippen LogP contribution in [0.15, 0.2) is 35.4 Å². The van der Waals surface area contributed by atoms with Gasteiger partial charge in [0.15, 0.2) is 0 Å². The fraction of sp³-hybridized carbons (Fsp3) is 0.320. The molecule has 0 saturated carbocycles. The third kappa shape index (κ3) is 4.43. The average Bonchev–Trinajstić information content (AvgIpc) is 3.30. The van der Waals surface area contributed by atoms with Gasteiger partial charge in [0.25, 0.3) is 5.91 Å². The first-order valence-corrected chi connectivity index (χ1v) is 11.8. The van der Waals surface area contributed by atoms with E-state index in [9.17, 15) is 14.7 Å². The number of rotatable bonds is 6. The lowest BCUT2D eigenvalue weighted by Crippen LogP contribution is -2.18. The Labute approximate surface area is 197 Å². The van der Waals surface area contributed by atoms with Crippen LogP contribution < -0.4 is 10.3 Å². The smallest absolute Gasteiger partial charge is 0.339 e. The van der Waals surface area contributed by atoms with E-state index in [1.54, 1.807) is 23.6 Å². The maximum absolute atomic E-state index is 12.5. The van der Waals surface area contributed by atoms with Gasteiger partial charge < -0.3 is 14.6 Å². The standard InChI is InChI=1S/C25H28N4O3S/c1-15-12-18(14-26-27-23(30)17-8-7-9-19(13-17)28(3)4)16(2)29(15)24-22(25(31)32)20-10-5-6-11-21(20)33-24/h7-9,12-14H,5-6,10-11H2,1-4H3,(H,27,30)(H,31,32)/b26-14-. The zero-order chi connectivity index (χ0) is 23.7. The third-order valence-corrected chi connectivity index (χ3v) is 7.31. The van der Waals surface area contributed by atoms with E-state index in [0.717, 1.165) is 58.9 Å². The maximum Gasteiger partial charge on any atom is 0.339 e. The summed E-state index contributed by atoms with van der Waals surface area (Å²) in [6.07, 6.45) is 5.50. The highest BCUT2D eigenvalue weighted by Gasteiger charge is 2.27. The molecule has 1 amide bonds. The van der Waals surface area contributed by atoms with Crippen LogP contribution in [-0.2, 0) is 12.8 Å². The van der Waals surface area contributed by atoms with E-state index < -0.39 is 5.97 Å². The fourth-order valence-electron chi connectivity index (χ4n) is 4.31. The predicted octanol–water partition coefficient (Wildman–Crippen LogP) is 4.56. The average molecular weight is 465 g/mol. The normalized spacial score (nSPS) is 13.2. The fourth-order valence-corrected chi connectivity index (χ4v) is 5.80. The molecule has 0 spiro atoms. The number of benzene rings is 1. The molecule has 7 nitrogen and oxygen atoms in total. The van der Waals surface area contributed by atoms with Gasteiger partial charge in [-0.3, -0.25) is 4.79 Å². The first-order chi connectivity index (χ1) is 15.8. The Morgan fingerprint density at radius 1 is 1.18 bits per heavy atom. The number of aromatic carboxylic acids is 1. The van der Waals surface area contributed by atoms with E-state index in [2.05, 4.69) is 10.5 Å². The van der Waals surface area contributed by atoms with E-state index >= 15 is 0 Å². The van der Waals surface area contributed by atoms with Crippen molar-refractivity contribution in [2.75, 3.05) is 19.0 Å². The van der Waals surface area contributed by atoms with Gasteiger partial charge in [0, 0.05) is 47.2 Å². The van der Waals surface area contributed by atoms with E-state index in [-0.39, 0.29) is 5.91 Å². The second-order valence-corrected chi connectivity index (χ2v) is 9.59. The zero-order valence-electron chi connectivity index (χ0n) is 19.3. The van der Waals surface area contributed by atoms with Crippen LogP contribution in [-0.4, -0.2) is 41.9 Å². The second-order valence-electron chi connectivity index (χ2n) is 8.50. The van der Waals surface area contributed by atoms with Crippen LogP contribution in [0.5, 0.6) is 0 Å². The van der Waals surface area contributed by atoms with Crippen LogP contribution in [0.4, 0.5) is 5.69 Å². The van der Waals surface area contributed by atoms with Crippen molar-refractivity contribution >= 4 is 35.1 Å². The maximum atomic E-state index is 12.5. The molecule has 2 aromatic heterocycles. The van der Waals surface area contributed by atoms with Crippen LogP contribution >= 0.6 is 11.3 Å². The molecule has 0 saturated heterocycles. The molecular weight excluding hydrogens is 436 g/mol. The summed E-state index contributed by atoms with van der Waals surface area (Å²) in [6.45, 7) is 3.90. The Balaban J connectivity index is 1.60. The molecule has 2 N–H and O–H groups in total. The van der Waals surface area contributed by atoms with Gasteiger partial charge in [-0.25, -0.2) is 10.2 Å². The highest BCUT2D eigenvalue weighted by atomic mass is 32.1. The number of carbonyl (C=O) groups excluding carboxylic acids is 1. The van der Waals surface area contributed by atoms with Gasteiger partial charge in [0.2, 0.25) is 0 Å². The number of aromatic nitrogens is 1. The largest absolute Gasteiger partial charge is 0.478 e. The topological polar surface area (TPSA) is 86.9 Å². The Kier molecular flexibility index (Phi) is 6.37. The molecule has 0 bridgehead atoms. The lowest BCUT2D eigenvalue weighted by Gasteiger charge is -2.12. The van der Waals surface area contributed by atoms with Gasteiger partial charge in [-0.05, 0) is 69.4 Å². The summed E-state index contributed by atoms with van der Waals surface area (Å²) in [5.74, 6) is -1.16. The number of carboxylic acids is 1. The number of aryl methyl sites for hydroxylation is 2. The Hall–Kier alpha value is -3.39. The molecular formula is C25H28N4O3S. The Morgan fingerprint density at radius 3 is 2.67 bits per heavy atom. The minimum absolute atomic E-state index is 0.289. The predicted molar refractivity (Wildman–Crippen MR) is 133 cm³/mol. The van der Waals surface area contributed by atoms with Gasteiger partial charge in [-0.2, -0.15) is 5.10 Å². The van der Waals surface area contributed by atoms with Crippen LogP contribution in [0.25, 0.3) is 5.00 Å². The molecule has 33 heavy (non-hydrogen) atoms. The quantitative estimate of drug-likeness (QED) is 0.414. The van der Waals surface area contributed by atoms with E-state index in [0.29, 0.717) is 11.1 Å². The minimum atomic E-state index is -0.876. The van der Waals surface area contributed by atoms with Crippen LogP contribution in [0.1, 0.15) is 60.9 Å². The summed E-state index contributed by atoms with van der Waals surface area (Å²) >= 11 is 1.58. The van der Waals surface area contributed by atoms with Crippen molar-refractivity contribution in [1.29, 1.82) is 0 Å². The molecule has 0 radical (unpaired) electrons. The molecule has 0 aliphatic heterocycles. The van der Waals surface area contributed by atoms with Crippen molar-refractivity contribution in [3.05, 3.63) is 68.9 Å². The number of nitrogens with zero attached hydrogens (tertiary/aromatic N) is 3. The minimum Gasteiger partial charge on any atom is -0.478 e. The molecule has 4 rings (SSSR count). The highest BCUT2D eigenvalue weighted by molar-refractivity contribution is 7.15. The van der Waals surface area contributed by atoms with E-state index in [1.807, 2.05) is 61.7 Å². The lowest BCUT2D eigenvalue weighted by atomic mass is 9.95. The summed E-state index contributed by atoms with van der Waals surface area (Å²) < 4.78 is 2.00. The Morgan fingerprint density at radius 2 is 1.94 bits per heavy atom. The number of nitrogens with one attached hydrogen (secondary N) is 1. The highest BCUT2D eigenvalue weighted by Crippen LogP contribution is 2.38. The molecule has 0 atom stereocenters. The second kappa shape index (κ2) is 9.23. The number of anilines is 1. The number of fused-ring (bicyclic) bond motifs is 1. The van der Waals surface area contributed by atoms with Gasteiger partial charge >= 0.3 is 5.97 Å². The number of hydrogen-bond acceptors (Lipinski definition) is 5. The number of hydrazone groups is 1. The Bertz CT molecular complexity index is 1250. The molecule has 0 fully saturated rings. The number of amides is 1. The molecule has 2 heterocycles. The van der Waals surface area contributed by atoms with Crippen LogP contribution in [0.3, 0.4) is 0 Å². The zero-order valence-corrected chi connectivity index (χ0v) is 20.1. The third-order valence-electron chi connectivity index (χ3n) is 6.03. The SMILES string of the molecule is Cc1cc(/C=N\NC(=O)c2cccc(N(C)C)c2)c(C)n1-c1sc2c(c1C(=O)O)CCCC2. The molecule has 8 heteroatoms. The first-order valence-electron chi connectivity index (χ1n) is 11.0. The lowest BCUT2D eigenvalue weighted by molar-refractivity contribution is 0.0695. The number of carboxylic acid groups (broad SMARTS) is 1. The summed E-state index contributed by atoms with van der Waals surface area (Å²) in [7, 11) is 3.84. The van der Waals surface area contributed by atoms with E-state index in [1.165, 1.54) is 4.88 Å². The van der Waals surface area contributed by atoms with Crippen molar-refractivity contribution in [1.82, 2.24) is 9.99 Å². The number of thiophene rings is 1. The molecule has 1 aliphatic rings. The van der Waals surface area contributed by atoms with E-state index in [4.69, 9.17) is 0 Å². The molecule has 3 aromatic rings. The molecule has 172 valence electrons. The molecule has 1 aliphatic carbocycles. The summed E-state index contributed by atoms with van der Waals surface area (Å²) in [5, 5.41) is 14.9. The molecule has 0 unspecified atom stereocenters. The van der Waals surface area contributed by atoms with Crippen molar-refractivity contribution < 1.29 is 14.7 Å². The van der Waals surface area contributed by atoms with Crippen molar-refractivity contribution in [2.45, 2.75) is 39.5 Å². The summed E-state index contributed by atoms with van der Waals surface area (Å²) in [5.41, 5.74) is 8.12. The van der Waals surface area contributed by atoms with Gasteiger partial charge in [-0.1, -0.05) is 6.07 Å². The van der Waals surface area contributed by atoms with Crippen LogP contribution in [0.2, 0.25) is 0 Å². The van der Waals surface area contributed by atoms with Crippen molar-refractivity contribution in [3.63, 3.8) is 0 Å². The van der Waals surface area contributed by atoms with Crippen LogP contribution in [0, 0.1) is 13.8 Å². The summed E-state index contributed by atoms with van der Waals surface area (Å²) in [6, 6.07) is 9.28. The van der Waals surface area contributed by atoms with Gasteiger partial charge in [-0.15, -0.1) is 11.3 Å². The summed E-state index contributed by atoms with van der Waals surface area (Å²) in [4.78, 5) is 27.7. The molecule has 1 aromatic carbocycles.